The number of imidazole rings is 1. The molecule has 1 aliphatic rings. The molecule has 0 radical (unpaired) electrons. The summed E-state index contributed by atoms with van der Waals surface area (Å²) in [5, 5.41) is 0. The summed E-state index contributed by atoms with van der Waals surface area (Å²) in [6.45, 7) is 8.21. The number of benzene rings is 3. The third kappa shape index (κ3) is 4.78. The minimum Gasteiger partial charge on any atom is -0.492 e. The fourth-order valence-electron chi connectivity index (χ4n) is 4.70. The number of nitrogens with zero attached hydrogens (tertiary/aromatic N) is 3. The molecule has 6 heteroatoms. The molecule has 0 aliphatic carbocycles. The molecule has 2 heterocycles. The van der Waals surface area contributed by atoms with Gasteiger partial charge in [0, 0.05) is 24.6 Å². The highest BCUT2D eigenvalue weighted by molar-refractivity contribution is 5.96. The second-order valence-corrected chi connectivity index (χ2v) is 10.1. The van der Waals surface area contributed by atoms with E-state index in [1.54, 1.807) is 17.0 Å². The van der Waals surface area contributed by atoms with Gasteiger partial charge in [-0.15, -0.1) is 0 Å². The number of anilines is 1. The first-order valence-corrected chi connectivity index (χ1v) is 12.0. The Kier molecular flexibility index (Phi) is 6.05. The van der Waals surface area contributed by atoms with Crippen molar-refractivity contribution in [3.05, 3.63) is 90.0 Å². The lowest BCUT2D eigenvalue weighted by Crippen LogP contribution is -2.24. The first-order valence-electron chi connectivity index (χ1n) is 12.0. The smallest absolute Gasteiger partial charge is 0.227 e. The molecule has 0 bridgehead atoms. The van der Waals surface area contributed by atoms with Gasteiger partial charge in [-0.2, -0.15) is 0 Å². The van der Waals surface area contributed by atoms with Crippen molar-refractivity contribution in [1.82, 2.24) is 9.55 Å². The zero-order valence-corrected chi connectivity index (χ0v) is 20.4. The van der Waals surface area contributed by atoms with Crippen LogP contribution in [0.25, 0.3) is 11.0 Å². The average molecular weight is 472 g/mol. The van der Waals surface area contributed by atoms with Gasteiger partial charge in [0.2, 0.25) is 5.91 Å². The SMILES string of the molecule is CC(C)(C)c1ccc(OCCn2c([C@H]3CC(=O)N(c4ccc(F)cc4)C3)nc3ccccc32)cc1. The van der Waals surface area contributed by atoms with Gasteiger partial charge in [-0.25, -0.2) is 9.37 Å². The number of hydrogen-bond donors (Lipinski definition) is 0. The number of carbonyl (C=O) groups is 1. The summed E-state index contributed by atoms with van der Waals surface area (Å²) in [6.07, 6.45) is 0.371. The zero-order valence-electron chi connectivity index (χ0n) is 20.4. The maximum Gasteiger partial charge on any atom is 0.227 e. The van der Waals surface area contributed by atoms with Crippen LogP contribution in [0.15, 0.2) is 72.8 Å². The molecule has 0 saturated carbocycles. The van der Waals surface area contributed by atoms with Crippen molar-refractivity contribution in [1.29, 1.82) is 0 Å². The lowest BCUT2D eigenvalue weighted by molar-refractivity contribution is -0.117. The molecule has 0 N–H and O–H groups in total. The Balaban J connectivity index is 1.35. The van der Waals surface area contributed by atoms with E-state index in [1.165, 1.54) is 17.7 Å². The fraction of sp³-hybridized carbons (Fsp3) is 0.310. The van der Waals surface area contributed by atoms with E-state index in [2.05, 4.69) is 43.5 Å². The Labute approximate surface area is 205 Å². The van der Waals surface area contributed by atoms with Gasteiger partial charge in [-0.05, 0) is 59.5 Å². The molecule has 1 aromatic heterocycles. The van der Waals surface area contributed by atoms with Crippen LogP contribution < -0.4 is 9.64 Å². The van der Waals surface area contributed by atoms with Crippen molar-refractivity contribution in [2.24, 2.45) is 0 Å². The summed E-state index contributed by atoms with van der Waals surface area (Å²) >= 11 is 0. The molecule has 1 saturated heterocycles. The molecule has 1 aliphatic heterocycles. The Bertz CT molecular complexity index is 1340. The highest BCUT2D eigenvalue weighted by atomic mass is 19.1. The Morgan fingerprint density at radius 3 is 2.43 bits per heavy atom. The minimum absolute atomic E-state index is 0.0235. The highest BCUT2D eigenvalue weighted by Gasteiger charge is 2.34. The van der Waals surface area contributed by atoms with Crippen molar-refractivity contribution >= 4 is 22.6 Å². The first kappa shape index (κ1) is 23.1. The molecule has 1 atom stereocenters. The quantitative estimate of drug-likeness (QED) is 0.343. The summed E-state index contributed by atoms with van der Waals surface area (Å²) in [5.41, 5.74) is 4.02. The third-order valence-corrected chi connectivity index (χ3v) is 6.62. The topological polar surface area (TPSA) is 47.4 Å². The van der Waals surface area contributed by atoms with Crippen LogP contribution >= 0.6 is 0 Å². The number of fused-ring (bicyclic) bond motifs is 1. The summed E-state index contributed by atoms with van der Waals surface area (Å²) < 4.78 is 21.6. The Morgan fingerprint density at radius 2 is 1.71 bits per heavy atom. The number of rotatable bonds is 6. The van der Waals surface area contributed by atoms with Crippen molar-refractivity contribution < 1.29 is 13.9 Å². The van der Waals surface area contributed by atoms with E-state index in [4.69, 9.17) is 9.72 Å². The molecule has 0 unspecified atom stereocenters. The van der Waals surface area contributed by atoms with Gasteiger partial charge >= 0.3 is 0 Å². The molecule has 180 valence electrons. The third-order valence-electron chi connectivity index (χ3n) is 6.62. The fourth-order valence-corrected chi connectivity index (χ4v) is 4.70. The summed E-state index contributed by atoms with van der Waals surface area (Å²) in [6, 6.07) is 22.4. The normalized spacial score (nSPS) is 16.3. The van der Waals surface area contributed by atoms with Crippen LogP contribution in [0.3, 0.4) is 0 Å². The van der Waals surface area contributed by atoms with E-state index >= 15 is 0 Å². The maximum atomic E-state index is 13.4. The molecule has 1 amide bonds. The Morgan fingerprint density at radius 1 is 1.00 bits per heavy atom. The summed E-state index contributed by atoms with van der Waals surface area (Å²) in [4.78, 5) is 19.5. The van der Waals surface area contributed by atoms with E-state index in [0.29, 0.717) is 31.8 Å². The lowest BCUT2D eigenvalue weighted by Gasteiger charge is -2.19. The highest BCUT2D eigenvalue weighted by Crippen LogP contribution is 2.33. The van der Waals surface area contributed by atoms with Crippen LogP contribution in [-0.4, -0.2) is 28.6 Å². The van der Waals surface area contributed by atoms with E-state index in [-0.39, 0.29) is 23.1 Å². The molecular formula is C29H30FN3O2. The largest absolute Gasteiger partial charge is 0.492 e. The van der Waals surface area contributed by atoms with Crippen LogP contribution in [0, 0.1) is 5.82 Å². The molecule has 5 nitrogen and oxygen atoms in total. The van der Waals surface area contributed by atoms with Gasteiger partial charge in [0.05, 0.1) is 17.6 Å². The van der Waals surface area contributed by atoms with Gasteiger partial charge in [0.25, 0.3) is 0 Å². The second-order valence-electron chi connectivity index (χ2n) is 10.1. The zero-order chi connectivity index (χ0) is 24.6. The van der Waals surface area contributed by atoms with Crippen LogP contribution in [0.2, 0.25) is 0 Å². The van der Waals surface area contributed by atoms with Crippen molar-refractivity contribution in [2.75, 3.05) is 18.1 Å². The number of aromatic nitrogens is 2. The van der Waals surface area contributed by atoms with E-state index in [1.807, 2.05) is 30.3 Å². The molecule has 4 aromatic rings. The van der Waals surface area contributed by atoms with Crippen molar-refractivity contribution in [3.63, 3.8) is 0 Å². The number of ether oxygens (including phenoxy) is 1. The Hall–Kier alpha value is -3.67. The van der Waals surface area contributed by atoms with Gasteiger partial charge < -0.3 is 14.2 Å². The molecule has 0 spiro atoms. The number of hydrogen-bond acceptors (Lipinski definition) is 3. The number of halogens is 1. The molecular weight excluding hydrogens is 441 g/mol. The van der Waals surface area contributed by atoms with E-state index in [0.717, 1.165) is 22.6 Å². The average Bonchev–Trinajstić information content (AvgIpc) is 3.40. The predicted molar refractivity (Wildman–Crippen MR) is 136 cm³/mol. The van der Waals surface area contributed by atoms with Crippen LogP contribution in [-0.2, 0) is 16.8 Å². The minimum atomic E-state index is -0.313. The van der Waals surface area contributed by atoms with Gasteiger partial charge in [-0.1, -0.05) is 45.0 Å². The standard InChI is InChI=1S/C29H30FN3O2/c1-29(2,3)21-8-14-24(15-9-21)35-17-16-32-26-7-5-4-6-25(26)31-28(32)20-18-27(34)33(19-20)23-12-10-22(30)11-13-23/h4-15,20H,16-19H2,1-3H3/t20-/m0/s1. The van der Waals surface area contributed by atoms with Crippen molar-refractivity contribution in [3.8, 4) is 5.75 Å². The monoisotopic (exact) mass is 471 g/mol. The van der Waals surface area contributed by atoms with E-state index in [9.17, 15) is 9.18 Å². The number of carbonyl (C=O) groups excluding carboxylic acids is 1. The summed E-state index contributed by atoms with van der Waals surface area (Å²) in [5.74, 6) is 1.38. The van der Waals surface area contributed by atoms with Gasteiger partial charge in [-0.3, -0.25) is 4.79 Å². The summed E-state index contributed by atoms with van der Waals surface area (Å²) in [7, 11) is 0. The van der Waals surface area contributed by atoms with Gasteiger partial charge in [0.1, 0.15) is 24.0 Å². The molecule has 35 heavy (non-hydrogen) atoms. The number of para-hydroxylation sites is 2. The maximum absolute atomic E-state index is 13.4. The van der Waals surface area contributed by atoms with Crippen LogP contribution in [0.5, 0.6) is 5.75 Å². The van der Waals surface area contributed by atoms with Gasteiger partial charge in [0.15, 0.2) is 0 Å². The molecule has 1 fully saturated rings. The lowest BCUT2D eigenvalue weighted by atomic mass is 9.87. The van der Waals surface area contributed by atoms with Crippen LogP contribution in [0.4, 0.5) is 10.1 Å². The van der Waals surface area contributed by atoms with E-state index < -0.39 is 0 Å². The second kappa shape index (κ2) is 9.17. The first-order chi connectivity index (χ1) is 16.8. The molecule has 5 rings (SSSR count). The van der Waals surface area contributed by atoms with Crippen molar-refractivity contribution in [2.45, 2.75) is 45.1 Å². The molecule has 3 aromatic carbocycles. The predicted octanol–water partition coefficient (Wildman–Crippen LogP) is 6.07. The number of amides is 1. The van der Waals surface area contributed by atoms with Crippen LogP contribution in [0.1, 0.15) is 44.5 Å².